The molecule has 1 unspecified atom stereocenters. The van der Waals surface area contributed by atoms with Gasteiger partial charge in [0, 0.05) is 25.3 Å². The molecule has 0 aromatic carbocycles. The molecule has 2 heterocycles. The SMILES string of the molecule is CC(C)n1cncc1CNCC1COC(C)(C)O1. The molecular weight excluding hydrogens is 230 g/mol. The summed E-state index contributed by atoms with van der Waals surface area (Å²) in [5, 5.41) is 3.40. The number of nitrogens with one attached hydrogen (secondary N) is 1. The van der Waals surface area contributed by atoms with Gasteiger partial charge in [0.25, 0.3) is 0 Å². The summed E-state index contributed by atoms with van der Waals surface area (Å²) in [6, 6.07) is 0.439. The third-order valence-corrected chi connectivity index (χ3v) is 3.05. The second kappa shape index (κ2) is 5.38. The normalized spacial score (nSPS) is 22.8. The largest absolute Gasteiger partial charge is 0.348 e. The first-order valence-electron chi connectivity index (χ1n) is 6.51. The molecule has 0 aliphatic carbocycles. The maximum absolute atomic E-state index is 5.74. The third kappa shape index (κ3) is 3.31. The highest BCUT2D eigenvalue weighted by molar-refractivity contribution is 4.99. The highest BCUT2D eigenvalue weighted by Crippen LogP contribution is 2.21. The van der Waals surface area contributed by atoms with Crippen LogP contribution in [0.1, 0.15) is 39.4 Å². The van der Waals surface area contributed by atoms with Gasteiger partial charge in [-0.1, -0.05) is 0 Å². The zero-order chi connectivity index (χ0) is 13.2. The Hall–Kier alpha value is -0.910. The Kier molecular flexibility index (Phi) is 4.04. The number of ether oxygens (including phenoxy) is 2. The van der Waals surface area contributed by atoms with Gasteiger partial charge in [-0.25, -0.2) is 4.98 Å². The Balaban J connectivity index is 1.77. The quantitative estimate of drug-likeness (QED) is 0.868. The number of aromatic nitrogens is 2. The maximum Gasteiger partial charge on any atom is 0.163 e. The van der Waals surface area contributed by atoms with Crippen LogP contribution in [-0.4, -0.2) is 34.6 Å². The third-order valence-electron chi connectivity index (χ3n) is 3.05. The topological polar surface area (TPSA) is 48.3 Å². The molecular formula is C13H23N3O2. The van der Waals surface area contributed by atoms with E-state index < -0.39 is 5.79 Å². The van der Waals surface area contributed by atoms with Crippen molar-refractivity contribution in [2.24, 2.45) is 0 Å². The molecule has 1 aliphatic heterocycles. The molecule has 1 fully saturated rings. The lowest BCUT2D eigenvalue weighted by Gasteiger charge is -2.17. The lowest BCUT2D eigenvalue weighted by molar-refractivity contribution is -0.137. The average Bonchev–Trinajstić information content (AvgIpc) is 2.85. The van der Waals surface area contributed by atoms with Crippen molar-refractivity contribution in [2.45, 2.75) is 52.2 Å². The van der Waals surface area contributed by atoms with Crippen LogP contribution in [0.5, 0.6) is 0 Å². The van der Waals surface area contributed by atoms with E-state index in [4.69, 9.17) is 9.47 Å². The lowest BCUT2D eigenvalue weighted by Crippen LogP contribution is -2.30. The molecule has 1 N–H and O–H groups in total. The fourth-order valence-electron chi connectivity index (χ4n) is 2.16. The molecule has 1 aromatic rings. The molecule has 0 bridgehead atoms. The first-order chi connectivity index (χ1) is 8.48. The van der Waals surface area contributed by atoms with Crippen LogP contribution in [0.15, 0.2) is 12.5 Å². The van der Waals surface area contributed by atoms with Crippen molar-refractivity contribution in [1.82, 2.24) is 14.9 Å². The van der Waals surface area contributed by atoms with Crippen LogP contribution >= 0.6 is 0 Å². The molecule has 5 nitrogen and oxygen atoms in total. The van der Waals surface area contributed by atoms with Crippen molar-refractivity contribution in [3.8, 4) is 0 Å². The molecule has 0 amide bonds. The summed E-state index contributed by atoms with van der Waals surface area (Å²) in [4.78, 5) is 4.18. The van der Waals surface area contributed by atoms with E-state index in [9.17, 15) is 0 Å². The summed E-state index contributed by atoms with van der Waals surface area (Å²) < 4.78 is 13.4. The Morgan fingerprint density at radius 1 is 1.56 bits per heavy atom. The van der Waals surface area contributed by atoms with E-state index >= 15 is 0 Å². The van der Waals surface area contributed by atoms with Crippen molar-refractivity contribution in [1.29, 1.82) is 0 Å². The van der Waals surface area contributed by atoms with Crippen LogP contribution in [0.25, 0.3) is 0 Å². The van der Waals surface area contributed by atoms with Crippen molar-refractivity contribution in [3.05, 3.63) is 18.2 Å². The molecule has 2 rings (SSSR count). The maximum atomic E-state index is 5.74. The molecule has 102 valence electrons. The Bertz CT molecular complexity index is 387. The van der Waals surface area contributed by atoms with Crippen LogP contribution in [0.4, 0.5) is 0 Å². The number of hydrogen-bond donors (Lipinski definition) is 1. The minimum Gasteiger partial charge on any atom is -0.348 e. The predicted octanol–water partition coefficient (Wildman–Crippen LogP) is 1.71. The van der Waals surface area contributed by atoms with E-state index in [1.807, 2.05) is 26.4 Å². The van der Waals surface area contributed by atoms with E-state index in [0.29, 0.717) is 12.6 Å². The van der Waals surface area contributed by atoms with E-state index in [1.165, 1.54) is 5.69 Å². The van der Waals surface area contributed by atoms with Crippen LogP contribution in [0, 0.1) is 0 Å². The van der Waals surface area contributed by atoms with Crippen molar-refractivity contribution >= 4 is 0 Å². The van der Waals surface area contributed by atoms with E-state index in [1.54, 1.807) is 0 Å². The van der Waals surface area contributed by atoms with Crippen LogP contribution in [0.3, 0.4) is 0 Å². The zero-order valence-corrected chi connectivity index (χ0v) is 11.6. The van der Waals surface area contributed by atoms with Gasteiger partial charge in [0.05, 0.1) is 24.7 Å². The second-order valence-corrected chi connectivity index (χ2v) is 5.47. The molecule has 18 heavy (non-hydrogen) atoms. The Labute approximate surface area is 108 Å². The standard InChI is InChI=1S/C13H23N3O2/c1-10(2)16-9-15-6-11(16)5-14-7-12-8-17-13(3,4)18-12/h6,9-10,12,14H,5,7-8H2,1-4H3. The molecule has 1 atom stereocenters. The van der Waals surface area contributed by atoms with Crippen LogP contribution in [0.2, 0.25) is 0 Å². The van der Waals surface area contributed by atoms with Crippen molar-refractivity contribution < 1.29 is 9.47 Å². The smallest absolute Gasteiger partial charge is 0.163 e. The zero-order valence-electron chi connectivity index (χ0n) is 11.6. The van der Waals surface area contributed by atoms with Crippen LogP contribution in [-0.2, 0) is 16.0 Å². The van der Waals surface area contributed by atoms with Crippen LogP contribution < -0.4 is 5.32 Å². The number of nitrogens with zero attached hydrogens (tertiary/aromatic N) is 2. The first kappa shape index (κ1) is 13.5. The first-order valence-corrected chi connectivity index (χ1v) is 6.51. The molecule has 0 spiro atoms. The van der Waals surface area contributed by atoms with E-state index in [2.05, 4.69) is 28.7 Å². The summed E-state index contributed by atoms with van der Waals surface area (Å²) in [5.41, 5.74) is 1.20. The van der Waals surface area contributed by atoms with Gasteiger partial charge in [-0.05, 0) is 27.7 Å². The fraction of sp³-hybridized carbons (Fsp3) is 0.769. The summed E-state index contributed by atoms with van der Waals surface area (Å²) in [5.74, 6) is -0.438. The average molecular weight is 253 g/mol. The summed E-state index contributed by atoms with van der Waals surface area (Å²) in [7, 11) is 0. The number of hydrogen-bond acceptors (Lipinski definition) is 4. The molecule has 1 aromatic heterocycles. The fourth-order valence-corrected chi connectivity index (χ4v) is 2.16. The number of imidazole rings is 1. The molecule has 0 saturated carbocycles. The Morgan fingerprint density at radius 2 is 2.33 bits per heavy atom. The minimum atomic E-state index is -0.438. The molecule has 1 aliphatic rings. The van der Waals surface area contributed by atoms with E-state index in [0.717, 1.165) is 13.1 Å². The van der Waals surface area contributed by atoms with Crippen molar-refractivity contribution in [2.75, 3.05) is 13.2 Å². The van der Waals surface area contributed by atoms with Gasteiger partial charge in [0.2, 0.25) is 0 Å². The van der Waals surface area contributed by atoms with Gasteiger partial charge in [-0.3, -0.25) is 0 Å². The van der Waals surface area contributed by atoms with Gasteiger partial charge in [0.15, 0.2) is 5.79 Å². The minimum absolute atomic E-state index is 0.135. The van der Waals surface area contributed by atoms with Gasteiger partial charge in [-0.2, -0.15) is 0 Å². The highest BCUT2D eigenvalue weighted by Gasteiger charge is 2.32. The second-order valence-electron chi connectivity index (χ2n) is 5.47. The molecule has 1 saturated heterocycles. The lowest BCUT2D eigenvalue weighted by atomic mass is 10.3. The van der Waals surface area contributed by atoms with E-state index in [-0.39, 0.29) is 6.10 Å². The number of rotatable bonds is 5. The van der Waals surface area contributed by atoms with Gasteiger partial charge >= 0.3 is 0 Å². The summed E-state index contributed by atoms with van der Waals surface area (Å²) >= 11 is 0. The van der Waals surface area contributed by atoms with Gasteiger partial charge in [0.1, 0.15) is 0 Å². The van der Waals surface area contributed by atoms with Crippen molar-refractivity contribution in [3.63, 3.8) is 0 Å². The highest BCUT2D eigenvalue weighted by atomic mass is 16.7. The predicted molar refractivity (Wildman–Crippen MR) is 69.2 cm³/mol. The monoisotopic (exact) mass is 253 g/mol. The molecule has 0 radical (unpaired) electrons. The summed E-state index contributed by atoms with van der Waals surface area (Å²) in [6.07, 6.45) is 3.92. The Morgan fingerprint density at radius 3 is 2.94 bits per heavy atom. The molecule has 5 heteroatoms. The van der Waals surface area contributed by atoms with Gasteiger partial charge in [-0.15, -0.1) is 0 Å². The summed E-state index contributed by atoms with van der Waals surface area (Å²) in [6.45, 7) is 10.5. The van der Waals surface area contributed by atoms with Gasteiger partial charge < -0.3 is 19.4 Å².